The van der Waals surface area contributed by atoms with Crippen molar-refractivity contribution in [2.24, 2.45) is 22.0 Å². The summed E-state index contributed by atoms with van der Waals surface area (Å²) in [5, 5.41) is 5.29. The van der Waals surface area contributed by atoms with Gasteiger partial charge in [0.2, 0.25) is 10.0 Å². The number of unbranched alkanes of at least 4 members (excludes halogenated alkanes) is 1. The highest BCUT2D eigenvalue weighted by atomic mass is 32.2. The van der Waals surface area contributed by atoms with Gasteiger partial charge in [0.15, 0.2) is 5.78 Å². The molecule has 1 aliphatic rings. The zero-order valence-electron chi connectivity index (χ0n) is 16.1. The second kappa shape index (κ2) is 9.99. The van der Waals surface area contributed by atoms with E-state index in [1.165, 1.54) is 6.21 Å². The Kier molecular flexibility index (Phi) is 7.98. The molecule has 150 valence electrons. The number of nitrogens with zero attached hydrogens (tertiary/aromatic N) is 1. The lowest BCUT2D eigenvalue weighted by Gasteiger charge is -2.25. The van der Waals surface area contributed by atoms with E-state index in [2.05, 4.69) is 11.9 Å². The van der Waals surface area contributed by atoms with E-state index in [1.807, 2.05) is 31.2 Å². The lowest BCUT2D eigenvalue weighted by molar-refractivity contribution is -0.112. The molecule has 7 heteroatoms. The number of nitrogens with two attached hydrogens (primary N) is 1. The molecule has 0 saturated heterocycles. The second-order valence-electron chi connectivity index (χ2n) is 7.24. The zero-order valence-corrected chi connectivity index (χ0v) is 17.0. The molecule has 3 atom stereocenters. The van der Waals surface area contributed by atoms with Crippen LogP contribution >= 0.6 is 0 Å². The molecule has 0 radical (unpaired) electrons. The average Bonchev–Trinajstić information content (AvgIpc) is 3.05. The molecule has 0 aromatic heterocycles. The van der Waals surface area contributed by atoms with Gasteiger partial charge in [-0.25, -0.2) is 13.6 Å². The maximum Gasteiger partial charge on any atom is 0.209 e. The Morgan fingerprint density at radius 3 is 2.44 bits per heavy atom. The van der Waals surface area contributed by atoms with Gasteiger partial charge in [0, 0.05) is 6.42 Å². The number of ether oxygens (including phenoxy) is 1. The van der Waals surface area contributed by atoms with Crippen LogP contribution in [0.15, 0.2) is 29.3 Å². The Hall–Kier alpha value is -1.73. The van der Waals surface area contributed by atoms with E-state index in [1.54, 1.807) is 0 Å². The van der Waals surface area contributed by atoms with E-state index < -0.39 is 10.0 Å². The summed E-state index contributed by atoms with van der Waals surface area (Å²) in [4.78, 5) is 15.5. The number of Topliss-reactive ketones (excluding diaryl/α,β-unsaturated/α-hetero) is 1. The number of carbonyl (C=O) groups excluding carboxylic acids is 1. The minimum Gasteiger partial charge on any atom is -0.493 e. The molecule has 2 rings (SSSR count). The third kappa shape index (κ3) is 7.07. The molecule has 1 aliphatic heterocycles. The summed E-state index contributed by atoms with van der Waals surface area (Å²) in [6.07, 6.45) is 5.48. The van der Waals surface area contributed by atoms with Crippen molar-refractivity contribution in [2.45, 2.75) is 52.0 Å². The summed E-state index contributed by atoms with van der Waals surface area (Å²) >= 11 is 0. The normalized spacial score (nSPS) is 19.2. The molecule has 6 nitrogen and oxygen atoms in total. The minimum atomic E-state index is -3.51. The van der Waals surface area contributed by atoms with Gasteiger partial charge in [-0.2, -0.15) is 0 Å². The highest BCUT2D eigenvalue weighted by Crippen LogP contribution is 2.28. The van der Waals surface area contributed by atoms with Gasteiger partial charge in [0.05, 0.1) is 24.6 Å². The number of sulfonamides is 1. The Labute approximate surface area is 162 Å². The molecule has 0 spiro atoms. The Balaban J connectivity index is 1.96. The first kappa shape index (κ1) is 21.6. The number of ketones is 1. The molecule has 0 bridgehead atoms. The van der Waals surface area contributed by atoms with Gasteiger partial charge in [0.25, 0.3) is 0 Å². The third-order valence-corrected chi connectivity index (χ3v) is 5.98. The van der Waals surface area contributed by atoms with Crippen LogP contribution in [0.4, 0.5) is 0 Å². The van der Waals surface area contributed by atoms with Gasteiger partial charge in [0.1, 0.15) is 5.75 Å². The molecule has 2 N–H and O–H groups in total. The number of rotatable bonds is 11. The van der Waals surface area contributed by atoms with Crippen LogP contribution in [0.3, 0.4) is 0 Å². The number of aliphatic imine (C=N–C) groups is 1. The lowest BCUT2D eigenvalue weighted by Crippen LogP contribution is -2.31. The average molecular weight is 395 g/mol. The first-order valence-electron chi connectivity index (χ1n) is 9.61. The number of benzene rings is 1. The van der Waals surface area contributed by atoms with Crippen LogP contribution in [0, 0.1) is 11.8 Å². The second-order valence-corrected chi connectivity index (χ2v) is 8.90. The van der Waals surface area contributed by atoms with E-state index in [4.69, 9.17) is 9.88 Å². The van der Waals surface area contributed by atoms with Crippen LogP contribution in [0.1, 0.15) is 57.6 Å². The van der Waals surface area contributed by atoms with Crippen molar-refractivity contribution in [2.75, 3.05) is 12.4 Å². The van der Waals surface area contributed by atoms with Crippen LogP contribution in [0.25, 0.3) is 0 Å². The van der Waals surface area contributed by atoms with Crippen LogP contribution in [-0.4, -0.2) is 32.8 Å². The maximum atomic E-state index is 11.6. The molecule has 1 aromatic carbocycles. The molecule has 0 aliphatic carbocycles. The van der Waals surface area contributed by atoms with Crippen molar-refractivity contribution >= 4 is 22.0 Å². The van der Waals surface area contributed by atoms with Crippen molar-refractivity contribution in [1.82, 2.24) is 0 Å². The van der Waals surface area contributed by atoms with E-state index in [-0.39, 0.29) is 29.4 Å². The van der Waals surface area contributed by atoms with E-state index in [9.17, 15) is 13.2 Å². The van der Waals surface area contributed by atoms with Crippen molar-refractivity contribution in [3.63, 3.8) is 0 Å². The van der Waals surface area contributed by atoms with Gasteiger partial charge in [-0.05, 0) is 42.4 Å². The van der Waals surface area contributed by atoms with Gasteiger partial charge in [-0.15, -0.1) is 0 Å². The van der Waals surface area contributed by atoms with Crippen molar-refractivity contribution in [3.05, 3.63) is 29.8 Å². The van der Waals surface area contributed by atoms with E-state index in [0.717, 1.165) is 37.0 Å². The van der Waals surface area contributed by atoms with Crippen LogP contribution in [0.5, 0.6) is 5.75 Å². The zero-order chi connectivity index (χ0) is 19.9. The molecule has 0 saturated carbocycles. The molecule has 1 aromatic rings. The molecular formula is C20H30N2O4S. The number of primary sulfonamides is 1. The minimum absolute atomic E-state index is 0.00151. The topological polar surface area (TPSA) is 98.8 Å². The number of hydrogen-bond donors (Lipinski definition) is 1. The van der Waals surface area contributed by atoms with Gasteiger partial charge in [-0.1, -0.05) is 38.8 Å². The fourth-order valence-electron chi connectivity index (χ4n) is 3.47. The van der Waals surface area contributed by atoms with Crippen molar-refractivity contribution < 1.29 is 17.9 Å². The predicted molar refractivity (Wildman–Crippen MR) is 108 cm³/mol. The summed E-state index contributed by atoms with van der Waals surface area (Å²) in [5.41, 5.74) is 0.992. The summed E-state index contributed by atoms with van der Waals surface area (Å²) in [6, 6.07) is 7.51. The molecule has 0 fully saturated rings. The predicted octanol–water partition coefficient (Wildman–Crippen LogP) is 3.27. The molecule has 0 amide bonds. The van der Waals surface area contributed by atoms with Crippen LogP contribution < -0.4 is 9.88 Å². The first-order valence-corrected chi connectivity index (χ1v) is 11.3. The molecular weight excluding hydrogens is 364 g/mol. The Bertz CT molecular complexity index is 744. The summed E-state index contributed by atoms with van der Waals surface area (Å²) in [6.45, 7) is 4.60. The quantitative estimate of drug-likeness (QED) is 0.622. The highest BCUT2D eigenvalue weighted by Gasteiger charge is 2.25. The lowest BCUT2D eigenvalue weighted by atomic mass is 9.88. The van der Waals surface area contributed by atoms with E-state index >= 15 is 0 Å². The van der Waals surface area contributed by atoms with Gasteiger partial charge >= 0.3 is 0 Å². The third-order valence-electron chi connectivity index (χ3n) is 5.09. The maximum absolute atomic E-state index is 11.6. The SMILES string of the molecule is CCCCC(CS(N)(=O)=O)C(CC)COc1ccc(C2CC(=O)C=N2)cc1. The summed E-state index contributed by atoms with van der Waals surface area (Å²) in [5.74, 6) is 0.922. The molecule has 27 heavy (non-hydrogen) atoms. The van der Waals surface area contributed by atoms with Crippen LogP contribution in [-0.2, 0) is 14.8 Å². The smallest absolute Gasteiger partial charge is 0.209 e. The Morgan fingerprint density at radius 1 is 1.22 bits per heavy atom. The summed E-state index contributed by atoms with van der Waals surface area (Å²) in [7, 11) is -3.51. The fourth-order valence-corrected chi connectivity index (χ4v) is 4.51. The van der Waals surface area contributed by atoms with Crippen molar-refractivity contribution in [3.8, 4) is 5.75 Å². The highest BCUT2D eigenvalue weighted by molar-refractivity contribution is 7.89. The molecule has 1 heterocycles. The Morgan fingerprint density at radius 2 is 1.93 bits per heavy atom. The first-order chi connectivity index (χ1) is 12.8. The summed E-state index contributed by atoms with van der Waals surface area (Å²) < 4.78 is 29.1. The largest absolute Gasteiger partial charge is 0.493 e. The standard InChI is InChI=1S/C20H30N2O4S/c1-3-5-6-17(14-27(21,24)25)15(4-2)13-26-19-9-7-16(8-10-19)20-11-18(23)12-22-20/h7-10,12,15,17,20H,3-6,11,13-14H2,1-2H3,(H2,21,24,25). The number of carbonyl (C=O) groups is 1. The van der Waals surface area contributed by atoms with Crippen molar-refractivity contribution in [1.29, 1.82) is 0 Å². The fraction of sp³-hybridized carbons (Fsp3) is 0.600. The van der Waals surface area contributed by atoms with Crippen LogP contribution in [0.2, 0.25) is 0 Å². The molecule has 3 unspecified atom stereocenters. The van der Waals surface area contributed by atoms with E-state index in [0.29, 0.717) is 13.0 Å². The monoisotopic (exact) mass is 394 g/mol. The van der Waals surface area contributed by atoms with Gasteiger partial charge < -0.3 is 4.74 Å². The van der Waals surface area contributed by atoms with Gasteiger partial charge in [-0.3, -0.25) is 9.79 Å². The number of hydrogen-bond acceptors (Lipinski definition) is 5.